The van der Waals surface area contributed by atoms with E-state index in [2.05, 4.69) is 10.0 Å². The molecule has 3 rings (SSSR count). The van der Waals surface area contributed by atoms with Crippen molar-refractivity contribution < 1.29 is 30.0 Å². The summed E-state index contributed by atoms with van der Waals surface area (Å²) in [6.45, 7) is 0. The molecule has 192 valence electrons. The fraction of sp³-hybridized carbons (Fsp3) is 0.0952. The van der Waals surface area contributed by atoms with Crippen LogP contribution in [0, 0.1) is 0 Å². The highest BCUT2D eigenvalue weighted by atomic mass is 35.5. The van der Waals surface area contributed by atoms with E-state index in [9.17, 15) is 30.0 Å². The molecule has 0 saturated heterocycles. The summed E-state index contributed by atoms with van der Waals surface area (Å²) >= 11 is 11.8. The van der Waals surface area contributed by atoms with E-state index in [1.807, 2.05) is 0 Å². The second-order valence-corrected chi connectivity index (χ2v) is 13.9. The van der Waals surface area contributed by atoms with Crippen LogP contribution in [-0.4, -0.2) is 43.7 Å². The van der Waals surface area contributed by atoms with E-state index in [4.69, 9.17) is 23.2 Å². The van der Waals surface area contributed by atoms with E-state index in [1.54, 1.807) is 0 Å². The lowest BCUT2D eigenvalue weighted by molar-refractivity contribution is 0.102. The number of nitrogens with one attached hydrogen (secondary N) is 2. The highest BCUT2D eigenvalue weighted by molar-refractivity contribution is 8.09. The van der Waals surface area contributed by atoms with Crippen LogP contribution in [-0.2, 0) is 30.1 Å². The molecule has 10 nitrogen and oxygen atoms in total. The highest BCUT2D eigenvalue weighted by Gasteiger charge is 2.27. The maximum absolute atomic E-state index is 13.0. The molecular formula is C21H19Cl2N3O7S3. The molecule has 0 aliphatic heterocycles. The maximum atomic E-state index is 13.0. The Labute approximate surface area is 219 Å². The number of rotatable bonds is 8. The summed E-state index contributed by atoms with van der Waals surface area (Å²) in [7, 11) is -12.3. The number of carbonyl (C=O) groups is 1. The van der Waals surface area contributed by atoms with Crippen LogP contribution >= 0.6 is 23.2 Å². The molecular weight excluding hydrogens is 573 g/mol. The van der Waals surface area contributed by atoms with Gasteiger partial charge < -0.3 is 5.32 Å². The smallest absolute Gasteiger partial charge is 0.261 e. The summed E-state index contributed by atoms with van der Waals surface area (Å²) < 4.78 is 75.9. The van der Waals surface area contributed by atoms with Gasteiger partial charge in [-0.1, -0.05) is 23.2 Å². The molecule has 15 heteroatoms. The largest absolute Gasteiger partial charge is 0.322 e. The van der Waals surface area contributed by atoms with Gasteiger partial charge in [0.15, 0.2) is 0 Å². The van der Waals surface area contributed by atoms with Gasteiger partial charge in [0.05, 0.1) is 34.3 Å². The van der Waals surface area contributed by atoms with Gasteiger partial charge in [0.1, 0.15) is 0 Å². The normalized spacial score (nSPS) is 12.1. The van der Waals surface area contributed by atoms with Crippen LogP contribution in [0.4, 0.5) is 17.1 Å². The first kappa shape index (κ1) is 27.7. The van der Waals surface area contributed by atoms with Gasteiger partial charge in [0, 0.05) is 15.7 Å². The fourth-order valence-electron chi connectivity index (χ4n) is 3.10. The number of nitrogens with zero attached hydrogens (tertiary/aromatic N) is 1. The van der Waals surface area contributed by atoms with Crippen molar-refractivity contribution in [1.82, 2.24) is 0 Å². The van der Waals surface area contributed by atoms with E-state index >= 15 is 0 Å². The maximum Gasteiger partial charge on any atom is 0.261 e. The average Bonchev–Trinajstić information content (AvgIpc) is 2.74. The molecule has 0 spiro atoms. The Hall–Kier alpha value is -2.84. The van der Waals surface area contributed by atoms with Crippen molar-refractivity contribution in [2.24, 2.45) is 0 Å². The number of benzene rings is 3. The van der Waals surface area contributed by atoms with Crippen molar-refractivity contribution >= 4 is 76.2 Å². The lowest BCUT2D eigenvalue weighted by Gasteiger charge is -2.20. The molecule has 2 N–H and O–H groups in total. The van der Waals surface area contributed by atoms with Crippen LogP contribution in [0.1, 0.15) is 10.4 Å². The fourth-order valence-corrected chi connectivity index (χ4v) is 7.46. The van der Waals surface area contributed by atoms with Gasteiger partial charge in [-0.3, -0.25) is 9.52 Å². The number of hydrogen-bond donors (Lipinski definition) is 2. The molecule has 36 heavy (non-hydrogen) atoms. The highest BCUT2D eigenvalue weighted by Crippen LogP contribution is 2.27. The minimum atomic E-state index is -4.14. The van der Waals surface area contributed by atoms with Crippen molar-refractivity contribution in [3.05, 3.63) is 82.3 Å². The van der Waals surface area contributed by atoms with E-state index in [-0.39, 0.29) is 36.3 Å². The number of hydrogen-bond acceptors (Lipinski definition) is 7. The molecule has 0 fully saturated rings. The zero-order valence-corrected chi connectivity index (χ0v) is 22.6. The molecule has 0 radical (unpaired) electrons. The van der Waals surface area contributed by atoms with Crippen LogP contribution < -0.4 is 13.7 Å². The number of anilines is 3. The Bertz CT molecular complexity index is 1590. The summed E-state index contributed by atoms with van der Waals surface area (Å²) in [6, 6.07) is 14.4. The summed E-state index contributed by atoms with van der Waals surface area (Å²) in [5.74, 6) is -0.734. The summed E-state index contributed by atoms with van der Waals surface area (Å²) in [6.07, 6.45) is 1.49. The quantitative estimate of drug-likeness (QED) is 0.405. The number of sulfonamides is 3. The number of halogens is 2. The molecule has 0 aromatic heterocycles. The van der Waals surface area contributed by atoms with Crippen molar-refractivity contribution in [3.63, 3.8) is 0 Å². The van der Waals surface area contributed by atoms with Gasteiger partial charge in [0.25, 0.3) is 15.9 Å². The van der Waals surface area contributed by atoms with Gasteiger partial charge in [-0.15, -0.1) is 0 Å². The monoisotopic (exact) mass is 591 g/mol. The van der Waals surface area contributed by atoms with E-state index in [1.165, 1.54) is 66.7 Å². The first-order chi connectivity index (χ1) is 16.6. The third kappa shape index (κ3) is 6.68. The van der Waals surface area contributed by atoms with Crippen molar-refractivity contribution in [3.8, 4) is 0 Å². The molecule has 0 atom stereocenters. The van der Waals surface area contributed by atoms with E-state index in [0.717, 1.165) is 12.5 Å². The van der Waals surface area contributed by atoms with Gasteiger partial charge in [-0.05, 0) is 66.7 Å². The molecule has 0 saturated carbocycles. The Balaban J connectivity index is 1.89. The van der Waals surface area contributed by atoms with Crippen LogP contribution in [0.2, 0.25) is 10.0 Å². The molecule has 0 heterocycles. The Kier molecular flexibility index (Phi) is 7.91. The predicted molar refractivity (Wildman–Crippen MR) is 140 cm³/mol. The molecule has 0 aliphatic carbocycles. The van der Waals surface area contributed by atoms with Gasteiger partial charge in [-0.2, -0.15) is 3.71 Å². The average molecular weight is 593 g/mol. The van der Waals surface area contributed by atoms with Gasteiger partial charge in [0.2, 0.25) is 20.0 Å². The van der Waals surface area contributed by atoms with Crippen molar-refractivity contribution in [2.75, 3.05) is 26.3 Å². The standard InChI is InChI=1S/C21H19Cl2N3O7S3/c1-34(28,29)26(35(2,30)31)17-8-6-16(7-9-17)24-21(27)19-13-15(23)5-12-20(19)25-36(32,33)18-10-3-14(22)4-11-18/h3-13,25H,1-2H3,(H,24,27). The number of carbonyl (C=O) groups excluding carboxylic acids is 1. The Morgan fingerprint density at radius 2 is 1.28 bits per heavy atom. The van der Waals surface area contributed by atoms with E-state index < -0.39 is 36.0 Å². The Morgan fingerprint density at radius 3 is 1.81 bits per heavy atom. The van der Waals surface area contributed by atoms with Crippen LogP contribution in [0.5, 0.6) is 0 Å². The van der Waals surface area contributed by atoms with E-state index in [0.29, 0.717) is 5.02 Å². The third-order valence-electron chi connectivity index (χ3n) is 4.53. The van der Waals surface area contributed by atoms with Crippen molar-refractivity contribution in [2.45, 2.75) is 4.90 Å². The first-order valence-corrected chi connectivity index (χ1v) is 15.7. The molecule has 3 aromatic carbocycles. The molecule has 0 bridgehead atoms. The lowest BCUT2D eigenvalue weighted by Crippen LogP contribution is -2.35. The van der Waals surface area contributed by atoms with Crippen molar-refractivity contribution in [1.29, 1.82) is 0 Å². The molecule has 0 unspecified atom stereocenters. The molecule has 1 amide bonds. The lowest BCUT2D eigenvalue weighted by atomic mass is 10.1. The van der Waals surface area contributed by atoms with Gasteiger partial charge in [-0.25, -0.2) is 25.3 Å². The topological polar surface area (TPSA) is 147 Å². The van der Waals surface area contributed by atoms with Crippen LogP contribution in [0.15, 0.2) is 71.6 Å². The SMILES string of the molecule is CS(=O)(=O)N(c1ccc(NC(=O)c2cc(Cl)ccc2NS(=O)(=O)c2ccc(Cl)cc2)cc1)S(C)(=O)=O. The molecule has 0 aliphatic rings. The minimum Gasteiger partial charge on any atom is -0.322 e. The first-order valence-electron chi connectivity index (χ1n) is 9.78. The zero-order chi connectivity index (χ0) is 26.9. The minimum absolute atomic E-state index is 0.0520. The molecule has 3 aromatic rings. The summed E-state index contributed by atoms with van der Waals surface area (Å²) in [5.41, 5.74) is -0.129. The Morgan fingerprint density at radius 1 is 0.750 bits per heavy atom. The predicted octanol–water partition coefficient (Wildman–Crippen LogP) is 3.77. The zero-order valence-electron chi connectivity index (χ0n) is 18.6. The van der Waals surface area contributed by atoms with Gasteiger partial charge >= 0.3 is 0 Å². The number of amides is 1. The van der Waals surface area contributed by atoms with Crippen LogP contribution in [0.3, 0.4) is 0 Å². The second kappa shape index (κ2) is 10.3. The third-order valence-corrected chi connectivity index (χ3v) is 9.65. The summed E-state index contributed by atoms with van der Waals surface area (Å²) in [5, 5.41) is 3.05. The van der Waals surface area contributed by atoms with Crippen LogP contribution in [0.25, 0.3) is 0 Å². The summed E-state index contributed by atoms with van der Waals surface area (Å²) in [4.78, 5) is 12.9. The second-order valence-electron chi connectivity index (χ2n) is 7.47.